The van der Waals surface area contributed by atoms with Crippen molar-refractivity contribution in [1.29, 1.82) is 0 Å². The summed E-state index contributed by atoms with van der Waals surface area (Å²) in [7, 11) is 3.78. The van der Waals surface area contributed by atoms with Gasteiger partial charge in [-0.2, -0.15) is 0 Å². The van der Waals surface area contributed by atoms with Crippen LogP contribution < -0.4 is 11.3 Å². The van der Waals surface area contributed by atoms with E-state index >= 15 is 0 Å². The summed E-state index contributed by atoms with van der Waals surface area (Å²) in [6.07, 6.45) is 1.01. The molecule has 100 valence electrons. The van der Waals surface area contributed by atoms with E-state index in [0.29, 0.717) is 5.56 Å². The first-order valence-electron chi connectivity index (χ1n) is 5.94. The van der Waals surface area contributed by atoms with Crippen LogP contribution >= 0.6 is 0 Å². The predicted molar refractivity (Wildman–Crippen MR) is 70.9 cm³/mol. The van der Waals surface area contributed by atoms with Crippen molar-refractivity contribution >= 4 is 5.91 Å². The predicted octanol–water partition coefficient (Wildman–Crippen LogP) is 0.758. The van der Waals surface area contributed by atoms with Crippen molar-refractivity contribution < 1.29 is 9.53 Å². The molecule has 0 atom stereocenters. The third kappa shape index (κ3) is 4.83. The number of nitrogens with two attached hydrogens (primary N) is 1. The third-order valence-corrected chi connectivity index (χ3v) is 2.69. The Hall–Kier alpha value is -1.43. The van der Waals surface area contributed by atoms with Gasteiger partial charge >= 0.3 is 0 Å². The maximum atomic E-state index is 11.3. The van der Waals surface area contributed by atoms with Gasteiger partial charge in [0.05, 0.1) is 0 Å². The Morgan fingerprint density at radius 3 is 2.61 bits per heavy atom. The summed E-state index contributed by atoms with van der Waals surface area (Å²) in [5.74, 6) is 4.80. The van der Waals surface area contributed by atoms with Crippen molar-refractivity contribution in [3.8, 4) is 0 Å². The SMILES string of the molecule is COCCCN(C)Cc1ccc(C(=O)NN)cc1. The van der Waals surface area contributed by atoms with Crippen LogP contribution in [0.4, 0.5) is 0 Å². The Morgan fingerprint density at radius 1 is 1.39 bits per heavy atom. The molecule has 1 aromatic carbocycles. The van der Waals surface area contributed by atoms with E-state index in [1.807, 2.05) is 12.1 Å². The number of rotatable bonds is 7. The number of amides is 1. The van der Waals surface area contributed by atoms with Gasteiger partial charge < -0.3 is 9.64 Å². The molecule has 5 heteroatoms. The molecular formula is C13H21N3O2. The van der Waals surface area contributed by atoms with Gasteiger partial charge in [0, 0.05) is 32.4 Å². The zero-order valence-electron chi connectivity index (χ0n) is 11.0. The number of nitrogen functional groups attached to an aromatic ring is 1. The average Bonchev–Trinajstić information content (AvgIpc) is 2.39. The van der Waals surface area contributed by atoms with Crippen LogP contribution in [0.1, 0.15) is 22.3 Å². The largest absolute Gasteiger partial charge is 0.385 e. The van der Waals surface area contributed by atoms with Crippen molar-refractivity contribution in [3.05, 3.63) is 35.4 Å². The highest BCUT2D eigenvalue weighted by Gasteiger charge is 2.04. The summed E-state index contributed by atoms with van der Waals surface area (Å²) >= 11 is 0. The topological polar surface area (TPSA) is 67.6 Å². The average molecular weight is 251 g/mol. The zero-order valence-corrected chi connectivity index (χ0v) is 11.0. The molecule has 3 N–H and O–H groups in total. The van der Waals surface area contributed by atoms with E-state index in [1.165, 1.54) is 5.56 Å². The molecule has 0 spiro atoms. The number of methoxy groups -OCH3 is 1. The highest BCUT2D eigenvalue weighted by atomic mass is 16.5. The molecule has 5 nitrogen and oxygen atoms in total. The molecule has 0 saturated heterocycles. The summed E-state index contributed by atoms with van der Waals surface area (Å²) in [5.41, 5.74) is 3.85. The number of ether oxygens (including phenoxy) is 1. The van der Waals surface area contributed by atoms with Gasteiger partial charge in [0.25, 0.3) is 5.91 Å². The smallest absolute Gasteiger partial charge is 0.265 e. The molecule has 1 rings (SSSR count). The summed E-state index contributed by atoms with van der Waals surface area (Å²) in [4.78, 5) is 13.5. The molecule has 0 radical (unpaired) electrons. The lowest BCUT2D eigenvalue weighted by atomic mass is 10.1. The molecule has 0 aromatic heterocycles. The molecule has 1 amide bonds. The Balaban J connectivity index is 2.45. The fourth-order valence-corrected chi connectivity index (χ4v) is 1.71. The van der Waals surface area contributed by atoms with Gasteiger partial charge in [-0.05, 0) is 31.2 Å². The minimum Gasteiger partial charge on any atom is -0.385 e. The fraction of sp³-hybridized carbons (Fsp3) is 0.462. The van der Waals surface area contributed by atoms with E-state index < -0.39 is 0 Å². The van der Waals surface area contributed by atoms with E-state index in [1.54, 1.807) is 19.2 Å². The molecule has 0 fully saturated rings. The van der Waals surface area contributed by atoms with Crippen molar-refractivity contribution in [1.82, 2.24) is 10.3 Å². The second kappa shape index (κ2) is 7.81. The second-order valence-electron chi connectivity index (χ2n) is 4.25. The van der Waals surface area contributed by atoms with Crippen molar-refractivity contribution in [3.63, 3.8) is 0 Å². The molecule has 0 bridgehead atoms. The van der Waals surface area contributed by atoms with Crippen LogP contribution in [0.15, 0.2) is 24.3 Å². The summed E-state index contributed by atoms with van der Waals surface area (Å²) in [6, 6.07) is 7.44. The van der Waals surface area contributed by atoms with Crippen molar-refractivity contribution in [2.24, 2.45) is 5.84 Å². The Labute approximate surface area is 108 Å². The first-order chi connectivity index (χ1) is 8.67. The van der Waals surface area contributed by atoms with Gasteiger partial charge in [0.2, 0.25) is 0 Å². The molecule has 0 aliphatic carbocycles. The maximum Gasteiger partial charge on any atom is 0.265 e. The van der Waals surface area contributed by atoms with E-state index in [2.05, 4.69) is 17.4 Å². The lowest BCUT2D eigenvalue weighted by Crippen LogP contribution is -2.29. The normalized spacial score (nSPS) is 10.7. The molecule has 1 aromatic rings. The van der Waals surface area contributed by atoms with Crippen LogP contribution in [0.5, 0.6) is 0 Å². The summed E-state index contributed by atoms with van der Waals surface area (Å²) in [6.45, 7) is 2.62. The Morgan fingerprint density at radius 2 is 2.06 bits per heavy atom. The van der Waals surface area contributed by atoms with E-state index in [0.717, 1.165) is 26.1 Å². The van der Waals surface area contributed by atoms with Gasteiger partial charge in [-0.15, -0.1) is 0 Å². The zero-order chi connectivity index (χ0) is 13.4. The van der Waals surface area contributed by atoms with Crippen LogP contribution in [0.25, 0.3) is 0 Å². The highest BCUT2D eigenvalue weighted by Crippen LogP contribution is 2.07. The Bertz CT molecular complexity index is 365. The molecule has 18 heavy (non-hydrogen) atoms. The van der Waals surface area contributed by atoms with Crippen LogP contribution in [0.3, 0.4) is 0 Å². The first kappa shape index (κ1) is 14.6. The number of carbonyl (C=O) groups excluding carboxylic acids is 1. The first-order valence-corrected chi connectivity index (χ1v) is 5.94. The van der Waals surface area contributed by atoms with E-state index in [9.17, 15) is 4.79 Å². The monoisotopic (exact) mass is 251 g/mol. The second-order valence-corrected chi connectivity index (χ2v) is 4.25. The minimum atomic E-state index is -0.269. The standard InChI is InChI=1S/C13H21N3O2/c1-16(8-3-9-18-2)10-11-4-6-12(7-5-11)13(17)15-14/h4-7H,3,8-10,14H2,1-2H3,(H,15,17). The number of hydrogen-bond donors (Lipinski definition) is 2. The number of benzene rings is 1. The number of hydrazine groups is 1. The van der Waals surface area contributed by atoms with E-state index in [4.69, 9.17) is 10.6 Å². The number of nitrogens with zero attached hydrogens (tertiary/aromatic N) is 1. The van der Waals surface area contributed by atoms with Crippen molar-refractivity contribution in [2.75, 3.05) is 27.3 Å². The Kier molecular flexibility index (Phi) is 6.35. The molecule has 0 saturated carbocycles. The van der Waals surface area contributed by atoms with Crippen LogP contribution in [0.2, 0.25) is 0 Å². The van der Waals surface area contributed by atoms with Crippen LogP contribution in [-0.2, 0) is 11.3 Å². The summed E-state index contributed by atoms with van der Waals surface area (Å²) in [5, 5.41) is 0. The number of nitrogens with one attached hydrogen (secondary N) is 1. The fourth-order valence-electron chi connectivity index (χ4n) is 1.71. The van der Waals surface area contributed by atoms with Crippen LogP contribution in [-0.4, -0.2) is 38.1 Å². The van der Waals surface area contributed by atoms with E-state index in [-0.39, 0.29) is 5.91 Å². The lowest BCUT2D eigenvalue weighted by molar-refractivity contribution is 0.0953. The van der Waals surface area contributed by atoms with Gasteiger partial charge in [-0.1, -0.05) is 12.1 Å². The highest BCUT2D eigenvalue weighted by molar-refractivity contribution is 5.93. The molecule has 0 heterocycles. The molecule has 0 aliphatic heterocycles. The van der Waals surface area contributed by atoms with Gasteiger partial charge in [-0.3, -0.25) is 10.2 Å². The van der Waals surface area contributed by atoms with Crippen molar-refractivity contribution in [2.45, 2.75) is 13.0 Å². The summed E-state index contributed by atoms with van der Waals surface area (Å²) < 4.78 is 5.01. The van der Waals surface area contributed by atoms with Gasteiger partial charge in [0.15, 0.2) is 0 Å². The molecule has 0 aliphatic rings. The minimum absolute atomic E-state index is 0.269. The molecule has 0 unspecified atom stereocenters. The maximum absolute atomic E-state index is 11.3. The number of hydrogen-bond acceptors (Lipinski definition) is 4. The van der Waals surface area contributed by atoms with Gasteiger partial charge in [0.1, 0.15) is 0 Å². The third-order valence-electron chi connectivity index (χ3n) is 2.69. The number of carbonyl (C=O) groups is 1. The quantitative estimate of drug-likeness (QED) is 0.325. The lowest BCUT2D eigenvalue weighted by Gasteiger charge is -2.16. The van der Waals surface area contributed by atoms with Gasteiger partial charge in [-0.25, -0.2) is 5.84 Å². The van der Waals surface area contributed by atoms with Crippen LogP contribution in [0, 0.1) is 0 Å². The molecular weight excluding hydrogens is 230 g/mol.